The predicted molar refractivity (Wildman–Crippen MR) is 105 cm³/mol. The van der Waals surface area contributed by atoms with E-state index in [0.29, 0.717) is 18.2 Å². The first-order valence-electron chi connectivity index (χ1n) is 9.49. The Bertz CT molecular complexity index is 721. The molecule has 1 aliphatic carbocycles. The lowest BCUT2D eigenvalue weighted by Crippen LogP contribution is -2.33. The van der Waals surface area contributed by atoms with E-state index in [4.69, 9.17) is 0 Å². The summed E-state index contributed by atoms with van der Waals surface area (Å²) in [6.45, 7) is 0.500. The van der Waals surface area contributed by atoms with Crippen LogP contribution < -0.4 is 10.2 Å². The third kappa shape index (κ3) is 4.78. The summed E-state index contributed by atoms with van der Waals surface area (Å²) in [6, 6.07) is 16.0. The Kier molecular flexibility index (Phi) is 6.16. The predicted octanol–water partition coefficient (Wildman–Crippen LogP) is 4.02. The minimum Gasteiger partial charge on any atom is -0.508 e. The number of nitrogens with zero attached hydrogens (tertiary/aromatic N) is 1. The Morgan fingerprint density at radius 2 is 1.77 bits per heavy atom. The Hall–Kier alpha value is -2.49. The van der Waals surface area contributed by atoms with Gasteiger partial charge in [-0.1, -0.05) is 49.6 Å². The number of carbonyl (C=O) groups is 1. The van der Waals surface area contributed by atoms with Crippen molar-refractivity contribution in [3.63, 3.8) is 0 Å². The maximum absolute atomic E-state index is 12.1. The minimum atomic E-state index is -0.0881. The van der Waals surface area contributed by atoms with Gasteiger partial charge >= 0.3 is 0 Å². The molecule has 2 aromatic carbocycles. The third-order valence-corrected chi connectivity index (χ3v) is 5.30. The quantitative estimate of drug-likeness (QED) is 0.825. The molecule has 0 atom stereocenters. The highest BCUT2D eigenvalue weighted by molar-refractivity contribution is 5.79. The largest absolute Gasteiger partial charge is 0.508 e. The molecule has 0 aromatic heterocycles. The van der Waals surface area contributed by atoms with Gasteiger partial charge in [0.1, 0.15) is 5.75 Å². The van der Waals surface area contributed by atoms with Crippen molar-refractivity contribution in [2.75, 3.05) is 11.9 Å². The van der Waals surface area contributed by atoms with Gasteiger partial charge in [0.25, 0.3) is 0 Å². The highest BCUT2D eigenvalue weighted by atomic mass is 16.3. The van der Waals surface area contributed by atoms with Crippen molar-refractivity contribution in [2.24, 2.45) is 0 Å². The van der Waals surface area contributed by atoms with Gasteiger partial charge in [0, 0.05) is 30.9 Å². The zero-order chi connectivity index (χ0) is 18.4. The fraction of sp³-hybridized carbons (Fsp3) is 0.409. The van der Waals surface area contributed by atoms with Crippen LogP contribution in [0.1, 0.15) is 43.2 Å². The zero-order valence-electron chi connectivity index (χ0n) is 15.4. The lowest BCUT2D eigenvalue weighted by Gasteiger charge is -2.33. The smallest absolute Gasteiger partial charge is 0.224 e. The van der Waals surface area contributed by atoms with Gasteiger partial charge in [-0.2, -0.15) is 0 Å². The standard InChI is InChI=1S/C22H28N2O2/c1-24(19-8-3-2-4-9-19)20-13-11-17(12-14-20)16-23-22(26)15-18-7-5-6-10-21(18)25/h5-7,10-14,19,25H,2-4,8-9,15-16H2,1H3,(H,23,26). The number of amides is 1. The molecular formula is C22H28N2O2. The maximum atomic E-state index is 12.1. The molecule has 0 radical (unpaired) electrons. The first-order chi connectivity index (χ1) is 12.6. The summed E-state index contributed by atoms with van der Waals surface area (Å²) in [5, 5.41) is 12.7. The number of rotatable bonds is 6. The second-order valence-electron chi connectivity index (χ2n) is 7.15. The molecule has 26 heavy (non-hydrogen) atoms. The number of aromatic hydroxyl groups is 1. The Balaban J connectivity index is 1.51. The summed E-state index contributed by atoms with van der Waals surface area (Å²) in [7, 11) is 2.18. The number of benzene rings is 2. The van der Waals surface area contributed by atoms with Gasteiger partial charge in [-0.25, -0.2) is 0 Å². The van der Waals surface area contributed by atoms with Crippen LogP contribution in [0.15, 0.2) is 48.5 Å². The molecule has 0 saturated heterocycles. The van der Waals surface area contributed by atoms with E-state index in [1.54, 1.807) is 18.2 Å². The lowest BCUT2D eigenvalue weighted by atomic mass is 9.94. The Labute approximate surface area is 155 Å². The van der Waals surface area contributed by atoms with Crippen LogP contribution in [0.5, 0.6) is 5.75 Å². The lowest BCUT2D eigenvalue weighted by molar-refractivity contribution is -0.120. The van der Waals surface area contributed by atoms with Gasteiger partial charge in [0.05, 0.1) is 6.42 Å². The number of nitrogens with one attached hydrogen (secondary N) is 1. The van der Waals surface area contributed by atoms with Gasteiger partial charge in [0.15, 0.2) is 0 Å². The van der Waals surface area contributed by atoms with E-state index in [1.807, 2.05) is 6.07 Å². The second kappa shape index (κ2) is 8.75. The van der Waals surface area contributed by atoms with Crippen molar-refractivity contribution < 1.29 is 9.90 Å². The van der Waals surface area contributed by atoms with Crippen molar-refractivity contribution in [1.82, 2.24) is 5.32 Å². The van der Waals surface area contributed by atoms with Gasteiger partial charge in [-0.15, -0.1) is 0 Å². The van der Waals surface area contributed by atoms with Crippen LogP contribution in [0.4, 0.5) is 5.69 Å². The summed E-state index contributed by atoms with van der Waals surface area (Å²) in [4.78, 5) is 14.5. The first-order valence-corrected chi connectivity index (χ1v) is 9.49. The van der Waals surface area contributed by atoms with E-state index in [0.717, 1.165) is 5.56 Å². The van der Waals surface area contributed by atoms with Crippen LogP contribution in [-0.2, 0) is 17.8 Å². The van der Waals surface area contributed by atoms with Crippen molar-refractivity contribution in [3.8, 4) is 5.75 Å². The second-order valence-corrected chi connectivity index (χ2v) is 7.15. The SMILES string of the molecule is CN(c1ccc(CNC(=O)Cc2ccccc2O)cc1)C1CCCCC1. The number of phenolic OH excluding ortho intramolecular Hbond substituents is 1. The fourth-order valence-corrected chi connectivity index (χ4v) is 3.62. The highest BCUT2D eigenvalue weighted by Gasteiger charge is 2.18. The monoisotopic (exact) mass is 352 g/mol. The summed E-state index contributed by atoms with van der Waals surface area (Å²) >= 11 is 0. The molecule has 138 valence electrons. The molecule has 0 heterocycles. The van der Waals surface area contributed by atoms with Crippen molar-refractivity contribution in [1.29, 1.82) is 0 Å². The van der Waals surface area contributed by atoms with Crippen molar-refractivity contribution in [3.05, 3.63) is 59.7 Å². The minimum absolute atomic E-state index is 0.0881. The molecule has 0 unspecified atom stereocenters. The molecular weight excluding hydrogens is 324 g/mol. The zero-order valence-corrected chi connectivity index (χ0v) is 15.4. The van der Waals surface area contributed by atoms with Crippen molar-refractivity contribution in [2.45, 2.75) is 51.1 Å². The fourth-order valence-electron chi connectivity index (χ4n) is 3.62. The molecule has 0 spiro atoms. The van der Waals surface area contributed by atoms with Gasteiger partial charge in [-0.3, -0.25) is 4.79 Å². The molecule has 3 rings (SSSR count). The van der Waals surface area contributed by atoms with Crippen LogP contribution in [0, 0.1) is 0 Å². The summed E-state index contributed by atoms with van der Waals surface area (Å²) in [6.07, 6.45) is 6.77. The Morgan fingerprint density at radius 3 is 2.46 bits per heavy atom. The van der Waals surface area contributed by atoms with Crippen LogP contribution in [0.25, 0.3) is 0 Å². The number of para-hydroxylation sites is 1. The molecule has 0 bridgehead atoms. The summed E-state index contributed by atoms with van der Waals surface area (Å²) < 4.78 is 0. The van der Waals surface area contributed by atoms with E-state index in [9.17, 15) is 9.90 Å². The van der Waals surface area contributed by atoms with E-state index in [1.165, 1.54) is 37.8 Å². The molecule has 2 N–H and O–H groups in total. The van der Waals surface area contributed by atoms with Crippen LogP contribution in [0.2, 0.25) is 0 Å². The number of carbonyl (C=O) groups excluding carboxylic acids is 1. The van der Waals surface area contributed by atoms with Crippen LogP contribution in [-0.4, -0.2) is 24.1 Å². The average Bonchev–Trinajstić information content (AvgIpc) is 2.69. The third-order valence-electron chi connectivity index (χ3n) is 5.30. The molecule has 4 nitrogen and oxygen atoms in total. The normalized spacial score (nSPS) is 14.8. The molecule has 1 amide bonds. The molecule has 1 aliphatic rings. The number of anilines is 1. The van der Waals surface area contributed by atoms with E-state index in [-0.39, 0.29) is 18.1 Å². The van der Waals surface area contributed by atoms with Crippen molar-refractivity contribution >= 4 is 11.6 Å². The van der Waals surface area contributed by atoms with E-state index >= 15 is 0 Å². The number of hydrogen-bond acceptors (Lipinski definition) is 3. The molecule has 1 saturated carbocycles. The van der Waals surface area contributed by atoms with E-state index in [2.05, 4.69) is 41.5 Å². The molecule has 4 heteroatoms. The van der Waals surface area contributed by atoms with Gasteiger partial charge < -0.3 is 15.3 Å². The number of phenols is 1. The van der Waals surface area contributed by atoms with Crippen LogP contribution >= 0.6 is 0 Å². The summed E-state index contributed by atoms with van der Waals surface area (Å²) in [5.41, 5.74) is 2.96. The highest BCUT2D eigenvalue weighted by Crippen LogP contribution is 2.26. The van der Waals surface area contributed by atoms with Gasteiger partial charge in [-0.05, 0) is 36.6 Å². The maximum Gasteiger partial charge on any atom is 0.224 e. The Morgan fingerprint density at radius 1 is 1.08 bits per heavy atom. The topological polar surface area (TPSA) is 52.6 Å². The van der Waals surface area contributed by atoms with Crippen LogP contribution in [0.3, 0.4) is 0 Å². The number of hydrogen-bond donors (Lipinski definition) is 2. The van der Waals surface area contributed by atoms with E-state index < -0.39 is 0 Å². The first kappa shape index (κ1) is 18.3. The average molecular weight is 352 g/mol. The molecule has 0 aliphatic heterocycles. The summed E-state index contributed by atoms with van der Waals surface area (Å²) in [5.74, 6) is 0.0765. The molecule has 1 fully saturated rings. The van der Waals surface area contributed by atoms with Gasteiger partial charge in [0.2, 0.25) is 5.91 Å². The molecule has 2 aromatic rings.